The summed E-state index contributed by atoms with van der Waals surface area (Å²) in [4.78, 5) is 12.4. The minimum atomic E-state index is -3.82. The Morgan fingerprint density at radius 3 is 2.31 bits per heavy atom. The fourth-order valence-corrected chi connectivity index (χ4v) is 3.82. The Labute approximate surface area is 191 Å². The minimum absolute atomic E-state index is 0.0300. The quantitative estimate of drug-likeness (QED) is 0.443. The predicted octanol–water partition coefficient (Wildman–Crippen LogP) is 3.70. The van der Waals surface area contributed by atoms with Gasteiger partial charge in [0.15, 0.2) is 10.9 Å². The van der Waals surface area contributed by atoms with Gasteiger partial charge in [-0.2, -0.15) is 0 Å². The van der Waals surface area contributed by atoms with E-state index < -0.39 is 10.0 Å². The molecule has 0 atom stereocenters. The van der Waals surface area contributed by atoms with Gasteiger partial charge < -0.3 is 14.6 Å². The summed E-state index contributed by atoms with van der Waals surface area (Å²) in [6, 6.07) is 14.0. The molecule has 0 radical (unpaired) electrons. The smallest absolute Gasteiger partial charge is 0.263 e. The zero-order valence-electron chi connectivity index (χ0n) is 17.6. The van der Waals surface area contributed by atoms with Gasteiger partial charge in [-0.05, 0) is 81.5 Å². The lowest BCUT2D eigenvalue weighted by molar-refractivity contribution is 0.0977. The van der Waals surface area contributed by atoms with Crippen LogP contribution in [0.4, 0.5) is 11.5 Å². The molecule has 0 saturated heterocycles. The molecule has 2 aromatic carbocycles. The second kappa shape index (κ2) is 9.79. The van der Waals surface area contributed by atoms with Crippen molar-refractivity contribution >= 4 is 44.8 Å². The van der Waals surface area contributed by atoms with Crippen LogP contribution in [-0.4, -0.2) is 30.7 Å². The van der Waals surface area contributed by atoms with Crippen LogP contribution >= 0.6 is 12.2 Å². The van der Waals surface area contributed by atoms with Crippen LogP contribution in [-0.2, 0) is 10.0 Å². The number of aryl methyl sites for hydroxylation is 1. The summed E-state index contributed by atoms with van der Waals surface area (Å²) < 4.78 is 37.6. The molecule has 0 aliphatic heterocycles. The van der Waals surface area contributed by atoms with Crippen LogP contribution < -0.4 is 20.1 Å². The Morgan fingerprint density at radius 1 is 1.09 bits per heavy atom. The lowest BCUT2D eigenvalue weighted by atomic mass is 10.2. The van der Waals surface area contributed by atoms with Crippen LogP contribution in [0.2, 0.25) is 0 Å². The molecular weight excluding hydrogens is 452 g/mol. The van der Waals surface area contributed by atoms with E-state index in [4.69, 9.17) is 21.5 Å². The van der Waals surface area contributed by atoms with Crippen molar-refractivity contribution in [2.24, 2.45) is 0 Å². The van der Waals surface area contributed by atoms with Crippen molar-refractivity contribution < 1.29 is 22.5 Å². The Morgan fingerprint density at radius 2 is 1.75 bits per heavy atom. The van der Waals surface area contributed by atoms with E-state index in [2.05, 4.69) is 20.5 Å². The second-order valence-corrected chi connectivity index (χ2v) is 9.14. The number of amides is 1. The maximum Gasteiger partial charge on any atom is 0.263 e. The highest BCUT2D eigenvalue weighted by Gasteiger charge is 2.16. The Kier molecular flexibility index (Phi) is 7.11. The van der Waals surface area contributed by atoms with Crippen LogP contribution in [0.25, 0.3) is 0 Å². The standard InChI is InChI=1S/C21H22N4O5S2/c1-13(2)29-17-8-4-15(5-9-17)20(26)23-21(31)22-16-6-10-18(11-7-16)32(27,28)25-19-12-14(3)30-24-19/h4-13H,1-3H3,(H,24,25)(H2,22,23,26,31). The van der Waals surface area contributed by atoms with Gasteiger partial charge in [0.1, 0.15) is 11.5 Å². The fourth-order valence-electron chi connectivity index (χ4n) is 2.62. The molecule has 1 aromatic heterocycles. The first-order valence-electron chi connectivity index (χ1n) is 9.57. The first-order valence-corrected chi connectivity index (χ1v) is 11.5. The van der Waals surface area contributed by atoms with E-state index in [-0.39, 0.29) is 27.8 Å². The molecule has 0 saturated carbocycles. The summed E-state index contributed by atoms with van der Waals surface area (Å²) in [5.74, 6) is 0.861. The number of anilines is 2. The third-order valence-electron chi connectivity index (χ3n) is 4.00. The second-order valence-electron chi connectivity index (χ2n) is 7.05. The summed E-state index contributed by atoms with van der Waals surface area (Å²) in [5, 5.41) is 9.10. The summed E-state index contributed by atoms with van der Waals surface area (Å²) in [5.41, 5.74) is 0.924. The zero-order chi connectivity index (χ0) is 23.3. The number of nitrogens with zero attached hydrogens (tertiary/aromatic N) is 1. The topological polar surface area (TPSA) is 123 Å². The Balaban J connectivity index is 1.57. The van der Waals surface area contributed by atoms with Crippen LogP contribution in [0.3, 0.4) is 0 Å². The average Bonchev–Trinajstić information content (AvgIpc) is 3.12. The molecule has 0 unspecified atom stereocenters. The van der Waals surface area contributed by atoms with E-state index in [1.165, 1.54) is 30.3 Å². The van der Waals surface area contributed by atoms with Gasteiger partial charge in [0.05, 0.1) is 11.0 Å². The maximum absolute atomic E-state index is 12.4. The number of aromatic nitrogens is 1. The van der Waals surface area contributed by atoms with Gasteiger partial charge in [-0.15, -0.1) is 0 Å². The van der Waals surface area contributed by atoms with E-state index in [0.717, 1.165) is 0 Å². The third-order valence-corrected chi connectivity index (χ3v) is 5.58. The van der Waals surface area contributed by atoms with Crippen molar-refractivity contribution in [3.8, 4) is 5.75 Å². The molecule has 0 spiro atoms. The highest BCUT2D eigenvalue weighted by Crippen LogP contribution is 2.18. The molecule has 168 valence electrons. The lowest BCUT2D eigenvalue weighted by Gasteiger charge is -2.12. The van der Waals surface area contributed by atoms with E-state index in [0.29, 0.717) is 22.8 Å². The SMILES string of the molecule is Cc1cc(NS(=O)(=O)c2ccc(NC(=S)NC(=O)c3ccc(OC(C)C)cc3)cc2)no1. The third kappa shape index (κ3) is 6.28. The van der Waals surface area contributed by atoms with E-state index >= 15 is 0 Å². The monoisotopic (exact) mass is 474 g/mol. The first-order chi connectivity index (χ1) is 15.1. The molecule has 3 rings (SSSR count). The molecule has 9 nitrogen and oxygen atoms in total. The number of rotatable bonds is 7. The molecule has 1 heterocycles. The number of hydrogen-bond acceptors (Lipinski definition) is 7. The number of sulfonamides is 1. The van der Waals surface area contributed by atoms with Crippen molar-refractivity contribution in [2.75, 3.05) is 10.0 Å². The van der Waals surface area contributed by atoms with Crippen LogP contribution in [0.15, 0.2) is 64.0 Å². The number of carbonyl (C=O) groups excluding carboxylic acids is 1. The summed E-state index contributed by atoms with van der Waals surface area (Å²) in [6.07, 6.45) is 0.0372. The van der Waals surface area contributed by atoms with Gasteiger partial charge in [-0.3, -0.25) is 14.8 Å². The highest BCUT2D eigenvalue weighted by atomic mass is 32.2. The highest BCUT2D eigenvalue weighted by molar-refractivity contribution is 7.92. The van der Waals surface area contributed by atoms with Crippen LogP contribution in [0.1, 0.15) is 30.0 Å². The van der Waals surface area contributed by atoms with Gasteiger partial charge in [-0.25, -0.2) is 8.42 Å². The number of ether oxygens (including phenoxy) is 1. The minimum Gasteiger partial charge on any atom is -0.491 e. The molecule has 11 heteroatoms. The number of benzene rings is 2. The average molecular weight is 475 g/mol. The van der Waals surface area contributed by atoms with Gasteiger partial charge >= 0.3 is 0 Å². The number of thiocarbonyl (C=S) groups is 1. The molecule has 0 aliphatic rings. The molecule has 1 amide bonds. The number of nitrogens with one attached hydrogen (secondary N) is 3. The van der Waals surface area contributed by atoms with Gasteiger partial charge in [0, 0.05) is 17.3 Å². The van der Waals surface area contributed by atoms with Crippen molar-refractivity contribution in [2.45, 2.75) is 31.8 Å². The lowest BCUT2D eigenvalue weighted by Crippen LogP contribution is -2.34. The normalized spacial score (nSPS) is 11.1. The van der Waals surface area contributed by atoms with Gasteiger partial charge in [-0.1, -0.05) is 5.16 Å². The van der Waals surface area contributed by atoms with Crippen LogP contribution in [0.5, 0.6) is 5.75 Å². The van der Waals surface area contributed by atoms with Gasteiger partial charge in [0.25, 0.3) is 15.9 Å². The molecule has 32 heavy (non-hydrogen) atoms. The summed E-state index contributed by atoms with van der Waals surface area (Å²) in [7, 11) is -3.82. The van der Waals surface area contributed by atoms with E-state index in [1.54, 1.807) is 31.2 Å². The van der Waals surface area contributed by atoms with Gasteiger partial charge in [0.2, 0.25) is 0 Å². The van der Waals surface area contributed by atoms with E-state index in [9.17, 15) is 13.2 Å². The molecule has 0 bridgehead atoms. The zero-order valence-corrected chi connectivity index (χ0v) is 19.2. The molecule has 3 aromatic rings. The molecule has 0 fully saturated rings. The van der Waals surface area contributed by atoms with Crippen LogP contribution in [0, 0.1) is 6.92 Å². The maximum atomic E-state index is 12.4. The molecule has 0 aliphatic carbocycles. The Hall–Kier alpha value is -3.44. The summed E-state index contributed by atoms with van der Waals surface area (Å²) in [6.45, 7) is 5.49. The van der Waals surface area contributed by atoms with Crippen molar-refractivity contribution in [3.05, 3.63) is 65.9 Å². The van der Waals surface area contributed by atoms with E-state index in [1.807, 2.05) is 13.8 Å². The number of carbonyl (C=O) groups is 1. The molecular formula is C21H22N4O5S2. The largest absolute Gasteiger partial charge is 0.491 e. The van der Waals surface area contributed by atoms with Crippen molar-refractivity contribution in [1.82, 2.24) is 10.5 Å². The first kappa shape index (κ1) is 23.2. The Bertz CT molecular complexity index is 1200. The number of hydrogen-bond donors (Lipinski definition) is 3. The summed E-state index contributed by atoms with van der Waals surface area (Å²) >= 11 is 5.17. The van der Waals surface area contributed by atoms with Crippen molar-refractivity contribution in [3.63, 3.8) is 0 Å². The van der Waals surface area contributed by atoms with Crippen molar-refractivity contribution in [1.29, 1.82) is 0 Å². The fraction of sp³-hybridized carbons (Fsp3) is 0.190. The molecule has 3 N–H and O–H groups in total. The predicted molar refractivity (Wildman–Crippen MR) is 124 cm³/mol.